The maximum Gasteiger partial charge on any atom is 0.311 e. The molecule has 0 aromatic heterocycles. The van der Waals surface area contributed by atoms with E-state index in [1.54, 1.807) is 6.07 Å². The zero-order valence-electron chi connectivity index (χ0n) is 9.60. The van der Waals surface area contributed by atoms with Gasteiger partial charge in [-0.25, -0.2) is 0 Å². The molecule has 1 aromatic carbocycles. The highest BCUT2D eigenvalue weighted by molar-refractivity contribution is 5.77. The molecule has 2 N–H and O–H groups in total. The Morgan fingerprint density at radius 2 is 2.00 bits per heavy atom. The molecule has 1 aromatic rings. The van der Waals surface area contributed by atoms with Gasteiger partial charge in [0.1, 0.15) is 11.5 Å². The van der Waals surface area contributed by atoms with Gasteiger partial charge in [-0.1, -0.05) is 19.9 Å². The lowest BCUT2D eigenvalue weighted by atomic mass is 9.88. The number of aromatic hydroxyl groups is 1. The van der Waals surface area contributed by atoms with Crippen LogP contribution in [0.1, 0.15) is 25.3 Å². The molecule has 0 amide bonds. The Kier molecular flexibility index (Phi) is 3.77. The van der Waals surface area contributed by atoms with Crippen molar-refractivity contribution in [1.29, 1.82) is 0 Å². The summed E-state index contributed by atoms with van der Waals surface area (Å²) in [5.41, 5.74) is 0.586. The second kappa shape index (κ2) is 4.88. The first kappa shape index (κ1) is 12.4. The smallest absolute Gasteiger partial charge is 0.311 e. The summed E-state index contributed by atoms with van der Waals surface area (Å²) >= 11 is 0. The Balaban J connectivity index is 3.23. The van der Waals surface area contributed by atoms with Crippen LogP contribution in [-0.2, 0) is 4.79 Å². The lowest BCUT2D eigenvalue weighted by molar-refractivity contribution is -0.139. The number of carboxylic acids is 1. The summed E-state index contributed by atoms with van der Waals surface area (Å²) in [5, 5.41) is 18.5. The Morgan fingerprint density at radius 3 is 2.44 bits per heavy atom. The minimum atomic E-state index is -0.890. The molecule has 0 aliphatic carbocycles. The van der Waals surface area contributed by atoms with Gasteiger partial charge in [-0.05, 0) is 12.0 Å². The zero-order chi connectivity index (χ0) is 12.3. The van der Waals surface area contributed by atoms with Crippen molar-refractivity contribution in [2.75, 3.05) is 7.11 Å². The number of carbonyl (C=O) groups is 1. The van der Waals surface area contributed by atoms with Crippen LogP contribution in [0.15, 0.2) is 18.2 Å². The fourth-order valence-electron chi connectivity index (χ4n) is 1.73. The maximum absolute atomic E-state index is 11.2. The first-order valence-electron chi connectivity index (χ1n) is 5.07. The number of hydrogen-bond donors (Lipinski definition) is 2. The van der Waals surface area contributed by atoms with Crippen molar-refractivity contribution in [2.24, 2.45) is 5.92 Å². The molecule has 0 bridgehead atoms. The lowest BCUT2D eigenvalue weighted by Crippen LogP contribution is -2.18. The summed E-state index contributed by atoms with van der Waals surface area (Å²) in [6, 6.07) is 4.48. The molecule has 16 heavy (non-hydrogen) atoms. The van der Waals surface area contributed by atoms with E-state index in [4.69, 9.17) is 9.84 Å². The number of aliphatic carboxylic acids is 1. The van der Waals surface area contributed by atoms with Gasteiger partial charge < -0.3 is 14.9 Å². The van der Waals surface area contributed by atoms with Crippen LogP contribution < -0.4 is 4.74 Å². The van der Waals surface area contributed by atoms with E-state index in [2.05, 4.69) is 0 Å². The second-order valence-electron chi connectivity index (χ2n) is 3.99. The maximum atomic E-state index is 11.2. The minimum absolute atomic E-state index is 0.0454. The number of rotatable bonds is 4. The van der Waals surface area contributed by atoms with E-state index in [1.165, 1.54) is 19.2 Å². The monoisotopic (exact) mass is 224 g/mol. The van der Waals surface area contributed by atoms with Crippen molar-refractivity contribution in [3.63, 3.8) is 0 Å². The molecule has 88 valence electrons. The molecule has 1 rings (SSSR count). The molecule has 0 aliphatic rings. The van der Waals surface area contributed by atoms with Crippen LogP contribution in [0.25, 0.3) is 0 Å². The van der Waals surface area contributed by atoms with E-state index in [-0.39, 0.29) is 11.7 Å². The van der Waals surface area contributed by atoms with Crippen LogP contribution in [0.2, 0.25) is 0 Å². The normalized spacial score (nSPS) is 12.5. The number of phenols is 1. The molecule has 1 atom stereocenters. The van der Waals surface area contributed by atoms with Crippen molar-refractivity contribution in [2.45, 2.75) is 19.8 Å². The molecule has 0 spiro atoms. The standard InChI is InChI=1S/C12H16O4/c1-7(2)11(12(14)15)9-5-4-8(13)6-10(9)16-3/h4-7,11,13H,1-3H3,(H,14,15). The third-order valence-electron chi connectivity index (χ3n) is 2.48. The molecule has 4 heteroatoms. The summed E-state index contributed by atoms with van der Waals surface area (Å²) in [6.07, 6.45) is 0. The van der Waals surface area contributed by atoms with Gasteiger partial charge in [-0.15, -0.1) is 0 Å². The third-order valence-corrected chi connectivity index (χ3v) is 2.48. The van der Waals surface area contributed by atoms with E-state index >= 15 is 0 Å². The fraction of sp³-hybridized carbons (Fsp3) is 0.417. The molecule has 0 heterocycles. The molecule has 0 fully saturated rings. The number of methoxy groups -OCH3 is 1. The fourth-order valence-corrected chi connectivity index (χ4v) is 1.73. The van der Waals surface area contributed by atoms with Gasteiger partial charge in [0.2, 0.25) is 0 Å². The summed E-state index contributed by atoms with van der Waals surface area (Å²) in [5.74, 6) is -1.10. The molecule has 0 saturated carbocycles. The van der Waals surface area contributed by atoms with Crippen LogP contribution in [0.3, 0.4) is 0 Å². The number of carboxylic acid groups (broad SMARTS) is 1. The summed E-state index contributed by atoms with van der Waals surface area (Å²) < 4.78 is 5.08. The first-order valence-corrected chi connectivity index (χ1v) is 5.07. The zero-order valence-corrected chi connectivity index (χ0v) is 9.60. The summed E-state index contributed by atoms with van der Waals surface area (Å²) in [6.45, 7) is 3.68. The highest BCUT2D eigenvalue weighted by Gasteiger charge is 2.26. The van der Waals surface area contributed by atoms with Gasteiger partial charge in [-0.2, -0.15) is 0 Å². The molecular formula is C12H16O4. The van der Waals surface area contributed by atoms with Crippen LogP contribution in [0.5, 0.6) is 11.5 Å². The molecule has 0 radical (unpaired) electrons. The minimum Gasteiger partial charge on any atom is -0.508 e. The Hall–Kier alpha value is -1.71. The van der Waals surface area contributed by atoms with Gasteiger partial charge in [-0.3, -0.25) is 4.79 Å². The van der Waals surface area contributed by atoms with E-state index in [9.17, 15) is 9.90 Å². The average molecular weight is 224 g/mol. The Morgan fingerprint density at radius 1 is 1.38 bits per heavy atom. The SMILES string of the molecule is COc1cc(O)ccc1C(C(=O)O)C(C)C. The van der Waals surface area contributed by atoms with E-state index in [0.717, 1.165) is 0 Å². The van der Waals surface area contributed by atoms with Gasteiger partial charge in [0, 0.05) is 11.6 Å². The second-order valence-corrected chi connectivity index (χ2v) is 3.99. The van der Waals surface area contributed by atoms with Crippen LogP contribution in [0.4, 0.5) is 0 Å². The number of hydrogen-bond acceptors (Lipinski definition) is 3. The topological polar surface area (TPSA) is 66.8 Å². The van der Waals surface area contributed by atoms with Gasteiger partial charge >= 0.3 is 5.97 Å². The van der Waals surface area contributed by atoms with E-state index < -0.39 is 11.9 Å². The van der Waals surface area contributed by atoms with Gasteiger partial charge in [0.25, 0.3) is 0 Å². The highest BCUT2D eigenvalue weighted by atomic mass is 16.5. The van der Waals surface area contributed by atoms with Crippen molar-refractivity contribution in [1.82, 2.24) is 0 Å². The van der Waals surface area contributed by atoms with Crippen LogP contribution >= 0.6 is 0 Å². The van der Waals surface area contributed by atoms with Crippen molar-refractivity contribution in [3.05, 3.63) is 23.8 Å². The first-order chi connectivity index (χ1) is 7.47. The van der Waals surface area contributed by atoms with Crippen molar-refractivity contribution < 1.29 is 19.7 Å². The molecular weight excluding hydrogens is 208 g/mol. The van der Waals surface area contributed by atoms with E-state index in [1.807, 2.05) is 13.8 Å². The van der Waals surface area contributed by atoms with E-state index in [0.29, 0.717) is 11.3 Å². The van der Waals surface area contributed by atoms with Crippen LogP contribution in [-0.4, -0.2) is 23.3 Å². The number of phenolic OH excluding ortho intramolecular Hbond substituents is 1. The highest BCUT2D eigenvalue weighted by Crippen LogP contribution is 2.34. The molecule has 0 saturated heterocycles. The Bertz CT molecular complexity index is 385. The molecule has 4 nitrogen and oxygen atoms in total. The number of ether oxygens (including phenoxy) is 1. The predicted molar refractivity (Wildman–Crippen MR) is 59.9 cm³/mol. The third kappa shape index (κ3) is 2.45. The van der Waals surface area contributed by atoms with Gasteiger partial charge in [0.15, 0.2) is 0 Å². The van der Waals surface area contributed by atoms with Gasteiger partial charge in [0.05, 0.1) is 13.0 Å². The predicted octanol–water partition coefficient (Wildman–Crippen LogP) is 2.22. The van der Waals surface area contributed by atoms with Crippen molar-refractivity contribution in [3.8, 4) is 11.5 Å². The lowest BCUT2D eigenvalue weighted by Gasteiger charge is -2.19. The van der Waals surface area contributed by atoms with Crippen molar-refractivity contribution >= 4 is 5.97 Å². The Labute approximate surface area is 94.5 Å². The quantitative estimate of drug-likeness (QED) is 0.823. The largest absolute Gasteiger partial charge is 0.508 e. The van der Waals surface area contributed by atoms with Crippen LogP contribution in [0, 0.1) is 5.92 Å². The molecule has 0 aliphatic heterocycles. The molecule has 1 unspecified atom stereocenters. The summed E-state index contributed by atoms with van der Waals surface area (Å²) in [7, 11) is 1.46. The number of benzene rings is 1. The average Bonchev–Trinajstić information content (AvgIpc) is 2.19. The summed E-state index contributed by atoms with van der Waals surface area (Å²) in [4.78, 5) is 11.2.